The van der Waals surface area contributed by atoms with E-state index in [1.807, 2.05) is 12.1 Å². The highest BCUT2D eigenvalue weighted by Gasteiger charge is 2.12. The SMILES string of the molecule is O=C(CCOc1ccc(Cl)cc1)NC1CCCCCCCCCCC1. The number of hydrogen-bond acceptors (Lipinski definition) is 2. The van der Waals surface area contributed by atoms with Gasteiger partial charge in [-0.05, 0) is 37.1 Å². The van der Waals surface area contributed by atoms with Crippen LogP contribution in [0.3, 0.4) is 0 Å². The van der Waals surface area contributed by atoms with E-state index in [1.165, 1.54) is 57.8 Å². The van der Waals surface area contributed by atoms with Gasteiger partial charge in [-0.1, -0.05) is 69.4 Å². The monoisotopic (exact) mass is 365 g/mol. The van der Waals surface area contributed by atoms with Gasteiger partial charge in [-0.25, -0.2) is 0 Å². The van der Waals surface area contributed by atoms with Crippen molar-refractivity contribution in [3.63, 3.8) is 0 Å². The molecule has 0 radical (unpaired) electrons. The zero-order chi connectivity index (χ0) is 17.7. The molecular weight excluding hydrogens is 334 g/mol. The van der Waals surface area contributed by atoms with E-state index in [9.17, 15) is 4.79 Å². The molecule has 1 saturated carbocycles. The van der Waals surface area contributed by atoms with Gasteiger partial charge in [-0.15, -0.1) is 0 Å². The lowest BCUT2D eigenvalue weighted by atomic mass is 9.98. The lowest BCUT2D eigenvalue weighted by molar-refractivity contribution is -0.122. The van der Waals surface area contributed by atoms with Crippen molar-refractivity contribution in [1.29, 1.82) is 0 Å². The summed E-state index contributed by atoms with van der Waals surface area (Å²) in [6.07, 6.45) is 14.5. The van der Waals surface area contributed by atoms with Crippen LogP contribution in [-0.2, 0) is 4.79 Å². The number of rotatable bonds is 5. The predicted octanol–water partition coefficient (Wildman–Crippen LogP) is 5.90. The molecule has 0 heterocycles. The lowest BCUT2D eigenvalue weighted by Gasteiger charge is -2.19. The fourth-order valence-electron chi connectivity index (χ4n) is 3.40. The average molecular weight is 366 g/mol. The molecule has 3 nitrogen and oxygen atoms in total. The maximum atomic E-state index is 12.2. The number of hydrogen-bond donors (Lipinski definition) is 1. The summed E-state index contributed by atoms with van der Waals surface area (Å²) in [4.78, 5) is 12.2. The van der Waals surface area contributed by atoms with Crippen LogP contribution in [0.25, 0.3) is 0 Å². The van der Waals surface area contributed by atoms with Crippen molar-refractivity contribution in [3.8, 4) is 5.75 Å². The summed E-state index contributed by atoms with van der Waals surface area (Å²) in [6, 6.07) is 7.58. The summed E-state index contributed by atoms with van der Waals surface area (Å²) >= 11 is 5.85. The number of carbonyl (C=O) groups excluding carboxylic acids is 1. The molecule has 0 aliphatic heterocycles. The highest BCUT2D eigenvalue weighted by molar-refractivity contribution is 6.30. The van der Waals surface area contributed by atoms with Crippen molar-refractivity contribution >= 4 is 17.5 Å². The first-order valence-electron chi connectivity index (χ1n) is 9.92. The maximum Gasteiger partial charge on any atom is 0.223 e. The molecule has 4 heteroatoms. The molecule has 25 heavy (non-hydrogen) atoms. The molecule has 0 unspecified atom stereocenters. The number of ether oxygens (including phenoxy) is 1. The molecule has 2 rings (SSSR count). The molecule has 0 bridgehead atoms. The summed E-state index contributed by atoms with van der Waals surface area (Å²) in [7, 11) is 0. The molecule has 0 saturated heterocycles. The third-order valence-corrected chi connectivity index (χ3v) is 5.13. The van der Waals surface area contributed by atoms with Gasteiger partial charge in [-0.3, -0.25) is 4.79 Å². The largest absolute Gasteiger partial charge is 0.493 e. The van der Waals surface area contributed by atoms with Crippen molar-refractivity contribution in [1.82, 2.24) is 5.32 Å². The van der Waals surface area contributed by atoms with E-state index >= 15 is 0 Å². The summed E-state index contributed by atoms with van der Waals surface area (Å²) in [5, 5.41) is 3.91. The van der Waals surface area contributed by atoms with Crippen molar-refractivity contribution < 1.29 is 9.53 Å². The highest BCUT2D eigenvalue weighted by Crippen LogP contribution is 2.18. The Bertz CT molecular complexity index is 477. The number of benzene rings is 1. The summed E-state index contributed by atoms with van der Waals surface area (Å²) in [6.45, 7) is 0.403. The molecule has 1 aliphatic carbocycles. The van der Waals surface area contributed by atoms with Crippen LogP contribution in [0.15, 0.2) is 24.3 Å². The second-order valence-corrected chi connectivity index (χ2v) is 7.51. The zero-order valence-electron chi connectivity index (χ0n) is 15.3. The van der Waals surface area contributed by atoms with Crippen LogP contribution in [0.5, 0.6) is 5.75 Å². The molecule has 0 spiro atoms. The van der Waals surface area contributed by atoms with E-state index in [2.05, 4.69) is 5.32 Å². The zero-order valence-corrected chi connectivity index (χ0v) is 16.0. The first-order valence-corrected chi connectivity index (χ1v) is 10.3. The Morgan fingerprint density at radius 3 is 2.00 bits per heavy atom. The van der Waals surface area contributed by atoms with Crippen LogP contribution in [0.2, 0.25) is 5.02 Å². The molecule has 1 N–H and O–H groups in total. The van der Waals surface area contributed by atoms with E-state index in [0.29, 0.717) is 24.1 Å². The van der Waals surface area contributed by atoms with E-state index in [4.69, 9.17) is 16.3 Å². The predicted molar refractivity (Wildman–Crippen MR) is 104 cm³/mol. The van der Waals surface area contributed by atoms with Crippen LogP contribution < -0.4 is 10.1 Å². The topological polar surface area (TPSA) is 38.3 Å². The number of carbonyl (C=O) groups is 1. The fourth-order valence-corrected chi connectivity index (χ4v) is 3.53. The fraction of sp³-hybridized carbons (Fsp3) is 0.667. The normalized spacial score (nSPS) is 18.0. The second kappa shape index (κ2) is 12.2. The minimum atomic E-state index is 0.103. The minimum Gasteiger partial charge on any atom is -0.493 e. The Hall–Kier alpha value is -1.22. The van der Waals surface area contributed by atoms with Crippen molar-refractivity contribution in [2.45, 2.75) is 83.1 Å². The van der Waals surface area contributed by atoms with Crippen molar-refractivity contribution in [2.75, 3.05) is 6.61 Å². The molecule has 140 valence electrons. The Morgan fingerprint density at radius 1 is 0.920 bits per heavy atom. The standard InChI is InChI=1S/C21H32ClNO2/c22-18-12-14-20(15-13-18)25-17-16-21(24)23-19-10-8-6-4-2-1-3-5-7-9-11-19/h12-15,19H,1-11,16-17H2,(H,23,24). The van der Waals surface area contributed by atoms with E-state index < -0.39 is 0 Å². The Balaban J connectivity index is 1.67. The van der Waals surface area contributed by atoms with Crippen molar-refractivity contribution in [2.24, 2.45) is 0 Å². The highest BCUT2D eigenvalue weighted by atomic mass is 35.5. The van der Waals surface area contributed by atoms with Crippen LogP contribution in [0.4, 0.5) is 0 Å². The Kier molecular flexibility index (Phi) is 9.79. The van der Waals surface area contributed by atoms with Crippen molar-refractivity contribution in [3.05, 3.63) is 29.3 Å². The molecule has 0 aromatic heterocycles. The summed E-state index contributed by atoms with van der Waals surface area (Å²) in [5.41, 5.74) is 0. The number of amides is 1. The molecule has 1 amide bonds. The molecular formula is C21H32ClNO2. The van der Waals surface area contributed by atoms with E-state index in [1.54, 1.807) is 12.1 Å². The third-order valence-electron chi connectivity index (χ3n) is 4.88. The van der Waals surface area contributed by atoms with Gasteiger partial charge in [0.2, 0.25) is 5.91 Å². The van der Waals surface area contributed by atoms with Gasteiger partial charge in [0.25, 0.3) is 0 Å². The minimum absolute atomic E-state index is 0.103. The Labute approximate surface area is 157 Å². The van der Waals surface area contributed by atoms with E-state index in [-0.39, 0.29) is 5.91 Å². The lowest BCUT2D eigenvalue weighted by Crippen LogP contribution is -2.35. The molecule has 0 atom stereocenters. The van der Waals surface area contributed by atoms with Gasteiger partial charge >= 0.3 is 0 Å². The summed E-state index contributed by atoms with van der Waals surface area (Å²) < 4.78 is 5.61. The van der Waals surface area contributed by atoms with Gasteiger partial charge in [-0.2, -0.15) is 0 Å². The van der Waals surface area contributed by atoms with Gasteiger partial charge in [0, 0.05) is 11.1 Å². The smallest absolute Gasteiger partial charge is 0.223 e. The number of nitrogens with one attached hydrogen (secondary N) is 1. The van der Waals surface area contributed by atoms with Gasteiger partial charge in [0.05, 0.1) is 13.0 Å². The van der Waals surface area contributed by atoms with Crippen LogP contribution >= 0.6 is 11.6 Å². The molecule has 1 fully saturated rings. The van der Waals surface area contributed by atoms with Crippen LogP contribution in [-0.4, -0.2) is 18.6 Å². The Morgan fingerprint density at radius 2 is 1.44 bits per heavy atom. The van der Waals surface area contributed by atoms with Crippen LogP contribution in [0, 0.1) is 0 Å². The average Bonchev–Trinajstić information content (AvgIpc) is 2.59. The molecule has 1 aliphatic rings. The maximum absolute atomic E-state index is 12.2. The molecule has 1 aromatic rings. The first-order chi connectivity index (χ1) is 12.2. The number of halogens is 1. The van der Waals surface area contributed by atoms with Crippen LogP contribution in [0.1, 0.15) is 77.0 Å². The van der Waals surface area contributed by atoms with Gasteiger partial charge in [0.1, 0.15) is 5.75 Å². The quantitative estimate of drug-likeness (QED) is 0.705. The van der Waals surface area contributed by atoms with E-state index in [0.717, 1.165) is 18.6 Å². The van der Waals surface area contributed by atoms with Gasteiger partial charge < -0.3 is 10.1 Å². The third kappa shape index (κ3) is 9.15. The molecule has 1 aromatic carbocycles. The first kappa shape index (κ1) is 20.1. The second-order valence-electron chi connectivity index (χ2n) is 7.08. The summed E-state index contributed by atoms with van der Waals surface area (Å²) in [5.74, 6) is 0.856. The van der Waals surface area contributed by atoms with Gasteiger partial charge in [0.15, 0.2) is 0 Å².